The lowest BCUT2D eigenvalue weighted by Gasteiger charge is -2.18. The Hall–Kier alpha value is -3.16. The number of nitrogens with one attached hydrogen (secondary N) is 1. The number of carbonyl (C=O) groups is 2. The number of halogens is 2. The first kappa shape index (κ1) is 19.2. The maximum atomic E-state index is 12.5. The van der Waals surface area contributed by atoms with Gasteiger partial charge in [0.05, 0.1) is 0 Å². The molecule has 3 N–H and O–H groups in total. The van der Waals surface area contributed by atoms with Crippen LogP contribution in [0.5, 0.6) is 5.75 Å². The van der Waals surface area contributed by atoms with Crippen LogP contribution in [0.1, 0.15) is 21.5 Å². The van der Waals surface area contributed by atoms with Crippen molar-refractivity contribution in [3.05, 3.63) is 65.2 Å². The highest BCUT2D eigenvalue weighted by molar-refractivity contribution is 5.94. The van der Waals surface area contributed by atoms with Crippen LogP contribution in [-0.4, -0.2) is 30.5 Å². The lowest BCUT2D eigenvalue weighted by Crippen LogP contribution is -2.28. The molecule has 0 unspecified atom stereocenters. The summed E-state index contributed by atoms with van der Waals surface area (Å²) < 4.78 is 28.6. The lowest BCUT2D eigenvalue weighted by atomic mass is 10.1. The van der Waals surface area contributed by atoms with Crippen LogP contribution in [0.2, 0.25) is 0 Å². The zero-order valence-electron chi connectivity index (χ0n) is 14.1. The van der Waals surface area contributed by atoms with Crippen LogP contribution >= 0.6 is 0 Å². The summed E-state index contributed by atoms with van der Waals surface area (Å²) in [6, 6.07) is 12.3. The van der Waals surface area contributed by atoms with Gasteiger partial charge in [-0.25, -0.2) is 4.79 Å². The quantitative estimate of drug-likeness (QED) is 0.793. The molecule has 0 bridgehead atoms. The zero-order valence-corrected chi connectivity index (χ0v) is 14.1. The number of benzene rings is 2. The second-order valence-corrected chi connectivity index (χ2v) is 5.60. The number of hydrogen-bond donors (Lipinski definition) is 2. The van der Waals surface area contributed by atoms with Gasteiger partial charge in [-0.2, -0.15) is 8.78 Å². The molecule has 0 heterocycles. The van der Waals surface area contributed by atoms with Crippen molar-refractivity contribution >= 4 is 11.9 Å². The van der Waals surface area contributed by atoms with Crippen LogP contribution in [-0.2, 0) is 13.1 Å². The van der Waals surface area contributed by atoms with E-state index in [4.69, 9.17) is 5.73 Å². The van der Waals surface area contributed by atoms with Crippen molar-refractivity contribution in [3.8, 4) is 5.75 Å². The molecule has 0 spiro atoms. The molecule has 0 saturated heterocycles. The average Bonchev–Trinajstić information content (AvgIpc) is 2.61. The molecule has 138 valence electrons. The predicted molar refractivity (Wildman–Crippen MR) is 91.7 cm³/mol. The molecule has 0 aromatic heterocycles. The van der Waals surface area contributed by atoms with Crippen molar-refractivity contribution in [2.24, 2.45) is 5.73 Å². The van der Waals surface area contributed by atoms with Crippen LogP contribution in [0.4, 0.5) is 13.6 Å². The second-order valence-electron chi connectivity index (χ2n) is 5.60. The van der Waals surface area contributed by atoms with Gasteiger partial charge in [-0.05, 0) is 35.4 Å². The standard InChI is InChI=1S/C18H19F2N3O3/c1-23(11-13-4-8-15(9-5-13)26-17(19)20)16(24)14-6-2-12(3-7-14)10-22-18(21)25/h2-9,17H,10-11H2,1H3,(H3,21,22,25). The number of hydrogen-bond acceptors (Lipinski definition) is 3. The number of carbonyl (C=O) groups excluding carboxylic acids is 2. The average molecular weight is 363 g/mol. The minimum atomic E-state index is -2.87. The van der Waals surface area contributed by atoms with Crippen molar-refractivity contribution in [2.75, 3.05) is 7.05 Å². The summed E-state index contributed by atoms with van der Waals surface area (Å²) in [6.07, 6.45) is 0. The topological polar surface area (TPSA) is 84.7 Å². The molecule has 8 heteroatoms. The molecular weight excluding hydrogens is 344 g/mol. The van der Waals surface area contributed by atoms with Gasteiger partial charge in [0.2, 0.25) is 0 Å². The molecule has 0 radical (unpaired) electrons. The molecule has 2 aromatic carbocycles. The van der Waals surface area contributed by atoms with Crippen LogP contribution in [0.15, 0.2) is 48.5 Å². The summed E-state index contributed by atoms with van der Waals surface area (Å²) in [7, 11) is 1.65. The summed E-state index contributed by atoms with van der Waals surface area (Å²) in [5, 5.41) is 2.47. The van der Waals surface area contributed by atoms with Crippen LogP contribution < -0.4 is 15.8 Å². The highest BCUT2D eigenvalue weighted by Gasteiger charge is 2.12. The molecule has 26 heavy (non-hydrogen) atoms. The number of rotatable bonds is 7. The van der Waals surface area contributed by atoms with Gasteiger partial charge in [-0.3, -0.25) is 4.79 Å². The van der Waals surface area contributed by atoms with Gasteiger partial charge in [0.1, 0.15) is 5.75 Å². The van der Waals surface area contributed by atoms with Crippen molar-refractivity contribution in [1.82, 2.24) is 10.2 Å². The second kappa shape index (κ2) is 8.80. The first-order chi connectivity index (χ1) is 12.3. The molecular formula is C18H19F2N3O3. The molecule has 0 fully saturated rings. The van der Waals surface area contributed by atoms with Gasteiger partial charge in [-0.15, -0.1) is 0 Å². The van der Waals surface area contributed by atoms with E-state index in [-0.39, 0.29) is 18.2 Å². The monoisotopic (exact) mass is 363 g/mol. The third kappa shape index (κ3) is 5.73. The van der Waals surface area contributed by atoms with Gasteiger partial charge in [0.25, 0.3) is 5.91 Å². The first-order valence-electron chi connectivity index (χ1n) is 7.76. The van der Waals surface area contributed by atoms with Crippen molar-refractivity contribution in [3.63, 3.8) is 0 Å². The van der Waals surface area contributed by atoms with E-state index < -0.39 is 12.6 Å². The number of nitrogens with zero attached hydrogens (tertiary/aromatic N) is 1. The summed E-state index contributed by atoms with van der Waals surface area (Å²) in [5.74, 6) is -0.120. The van der Waals surface area contributed by atoms with Gasteiger partial charge >= 0.3 is 12.6 Å². The third-order valence-electron chi connectivity index (χ3n) is 3.58. The van der Waals surface area contributed by atoms with Crippen LogP contribution in [0.3, 0.4) is 0 Å². The number of nitrogens with two attached hydrogens (primary N) is 1. The number of urea groups is 1. The summed E-state index contributed by atoms with van der Waals surface area (Å²) >= 11 is 0. The van der Waals surface area contributed by atoms with E-state index in [9.17, 15) is 18.4 Å². The molecule has 3 amide bonds. The number of ether oxygens (including phenoxy) is 1. The van der Waals surface area contributed by atoms with E-state index in [1.54, 1.807) is 43.4 Å². The maximum absolute atomic E-state index is 12.5. The molecule has 6 nitrogen and oxygen atoms in total. The fourth-order valence-corrected chi connectivity index (χ4v) is 2.30. The Morgan fingerprint density at radius 2 is 1.65 bits per heavy atom. The molecule has 2 aromatic rings. The Kier molecular flexibility index (Phi) is 6.48. The molecule has 0 atom stereocenters. The summed E-state index contributed by atoms with van der Waals surface area (Å²) in [6.45, 7) is -2.27. The molecule has 0 aliphatic heterocycles. The van der Waals surface area contributed by atoms with Gasteiger partial charge < -0.3 is 20.7 Å². The third-order valence-corrected chi connectivity index (χ3v) is 3.58. The van der Waals surface area contributed by atoms with Crippen molar-refractivity contribution in [1.29, 1.82) is 0 Å². The Morgan fingerprint density at radius 3 is 2.19 bits per heavy atom. The van der Waals surface area contributed by atoms with Crippen LogP contribution in [0.25, 0.3) is 0 Å². The summed E-state index contributed by atoms with van der Waals surface area (Å²) in [4.78, 5) is 24.7. The first-order valence-corrected chi connectivity index (χ1v) is 7.76. The normalized spacial score (nSPS) is 10.5. The molecule has 2 rings (SSSR count). The smallest absolute Gasteiger partial charge is 0.387 e. The molecule has 0 aliphatic rings. The van der Waals surface area contributed by atoms with E-state index >= 15 is 0 Å². The number of primary amides is 1. The van der Waals surface area contributed by atoms with Crippen molar-refractivity contribution in [2.45, 2.75) is 19.7 Å². The highest BCUT2D eigenvalue weighted by atomic mass is 19.3. The number of amides is 3. The van der Waals surface area contributed by atoms with E-state index in [2.05, 4.69) is 10.1 Å². The van der Waals surface area contributed by atoms with E-state index in [0.29, 0.717) is 12.1 Å². The Balaban J connectivity index is 1.95. The van der Waals surface area contributed by atoms with Gasteiger partial charge in [0.15, 0.2) is 0 Å². The molecule has 0 saturated carbocycles. The van der Waals surface area contributed by atoms with E-state index in [1.165, 1.54) is 17.0 Å². The highest BCUT2D eigenvalue weighted by Crippen LogP contribution is 2.16. The number of alkyl halides is 2. The Labute approximate surface area is 149 Å². The largest absolute Gasteiger partial charge is 0.435 e. The fourth-order valence-electron chi connectivity index (χ4n) is 2.30. The Morgan fingerprint density at radius 1 is 1.08 bits per heavy atom. The SMILES string of the molecule is CN(Cc1ccc(OC(F)F)cc1)C(=O)c1ccc(CNC(N)=O)cc1. The lowest BCUT2D eigenvalue weighted by molar-refractivity contribution is -0.0498. The zero-order chi connectivity index (χ0) is 19.1. The minimum absolute atomic E-state index is 0.0675. The minimum Gasteiger partial charge on any atom is -0.435 e. The van der Waals surface area contributed by atoms with E-state index in [0.717, 1.165) is 11.1 Å². The predicted octanol–water partition coefficient (Wildman–Crippen LogP) is 2.73. The fraction of sp³-hybridized carbons (Fsp3) is 0.222. The van der Waals surface area contributed by atoms with Crippen molar-refractivity contribution < 1.29 is 23.1 Å². The molecule has 0 aliphatic carbocycles. The van der Waals surface area contributed by atoms with Crippen LogP contribution in [0, 0.1) is 0 Å². The van der Waals surface area contributed by atoms with Gasteiger partial charge in [0, 0.05) is 25.7 Å². The van der Waals surface area contributed by atoms with Gasteiger partial charge in [-0.1, -0.05) is 24.3 Å². The summed E-state index contributed by atoms with van der Waals surface area (Å²) in [5.41, 5.74) is 7.10. The van der Waals surface area contributed by atoms with E-state index in [1.807, 2.05) is 0 Å². The Bertz CT molecular complexity index is 749. The maximum Gasteiger partial charge on any atom is 0.387 e.